The van der Waals surface area contributed by atoms with E-state index < -0.39 is 13.3 Å². The molecule has 313 valence electrons. The Morgan fingerprint density at radius 2 is 1.17 bits per heavy atom. The van der Waals surface area contributed by atoms with Gasteiger partial charge < -0.3 is 4.40 Å². The Morgan fingerprint density at radius 1 is 0.508 bits per heavy atom. The number of nitrogens with zero attached hydrogens (tertiary/aromatic N) is 3. The van der Waals surface area contributed by atoms with Crippen molar-refractivity contribution in [3.8, 4) is 22.6 Å². The summed E-state index contributed by atoms with van der Waals surface area (Å²) >= 11 is 0.129. The number of hydrogen-bond acceptors (Lipinski definition) is 3. The van der Waals surface area contributed by atoms with Crippen LogP contribution in [0.15, 0.2) is 194 Å². The number of pyridine rings is 1. The van der Waals surface area contributed by atoms with Crippen molar-refractivity contribution in [2.75, 3.05) is 0 Å². The van der Waals surface area contributed by atoms with E-state index in [4.69, 9.17) is 4.98 Å². The summed E-state index contributed by atoms with van der Waals surface area (Å²) in [4.78, 5) is 9.98. The van der Waals surface area contributed by atoms with Crippen LogP contribution in [0.1, 0.15) is 0 Å². The Balaban J connectivity index is 0.000000235. The number of imidazole rings is 1. The Bertz CT molecular complexity index is 4000. The molecule has 0 amide bonds. The predicted molar refractivity (Wildman–Crippen MR) is 278 cm³/mol. The van der Waals surface area contributed by atoms with Crippen molar-refractivity contribution in [1.82, 2.24) is 14.4 Å². The van der Waals surface area contributed by atoms with Crippen LogP contribution >= 0.6 is 11.3 Å². The van der Waals surface area contributed by atoms with E-state index in [-0.39, 0.29) is 20.1 Å². The molecular weight excluding hydrogens is 1050 g/mol. The number of benzene rings is 9. The van der Waals surface area contributed by atoms with Crippen LogP contribution in [-0.2, 0) is 20.1 Å². The second-order valence-electron chi connectivity index (χ2n) is 17.6. The Morgan fingerprint density at radius 3 is 1.89 bits per heavy atom. The maximum absolute atomic E-state index is 5.45. The Labute approximate surface area is 397 Å². The van der Waals surface area contributed by atoms with Crippen molar-refractivity contribution >= 4 is 120 Å². The molecule has 13 aromatic rings. The van der Waals surface area contributed by atoms with Gasteiger partial charge in [0.25, 0.3) is 0 Å². The molecule has 9 aromatic carbocycles. The van der Waals surface area contributed by atoms with Crippen molar-refractivity contribution < 1.29 is 20.1 Å². The zero-order valence-electron chi connectivity index (χ0n) is 36.1. The minimum absolute atomic E-state index is 0. The molecule has 4 aromatic heterocycles. The molecule has 0 bridgehead atoms. The van der Waals surface area contributed by atoms with Crippen LogP contribution in [0.25, 0.3) is 113 Å². The first kappa shape index (κ1) is 41.3. The molecule has 0 spiro atoms. The van der Waals surface area contributed by atoms with Crippen LogP contribution in [0.5, 0.6) is 0 Å². The van der Waals surface area contributed by atoms with E-state index in [0.29, 0.717) is 0 Å². The van der Waals surface area contributed by atoms with Gasteiger partial charge in [-0.15, -0.1) is 18.2 Å². The van der Waals surface area contributed by atoms with Crippen LogP contribution in [0.4, 0.5) is 0 Å². The molecule has 6 heteroatoms. The summed E-state index contributed by atoms with van der Waals surface area (Å²) in [5, 5.41) is 14.9. The summed E-state index contributed by atoms with van der Waals surface area (Å²) in [6.07, 6.45) is 2.04. The molecule has 0 atom stereocenters. The molecule has 3 nitrogen and oxygen atoms in total. The Kier molecular flexibility index (Phi) is 10.5. The van der Waals surface area contributed by atoms with E-state index >= 15 is 0 Å². The topological polar surface area (TPSA) is 30.2 Å². The summed E-state index contributed by atoms with van der Waals surface area (Å²) in [5.74, 6) is 8.05. The average Bonchev–Trinajstić information content (AvgIpc) is 3.93. The molecule has 0 fully saturated rings. The van der Waals surface area contributed by atoms with Crippen molar-refractivity contribution in [3.05, 3.63) is 206 Å². The number of thiophene rings is 1. The SMILES string of the molecule is [CH3][Ge]([CH3])([CH3])[c]1ccc(-c2[c-]cccc2)nc1.[Ir].[c-]1ccc2c(sc3cc4c(ccc5ccccc54)cc32)c1-c1nc2cccc3c4ccccc4c4ccccc4c4ccccc4n1c23. The van der Waals surface area contributed by atoms with Gasteiger partial charge in [0.15, 0.2) is 0 Å². The molecule has 0 N–H and O–H groups in total. The van der Waals surface area contributed by atoms with Gasteiger partial charge in [0.2, 0.25) is 0 Å². The standard InChI is InChI=1S/C45H25N2S.C14H16GeN.Ir/c1-2-12-29-27(11-1)23-24-28-25-39-36-19-9-20-37(44(36)48-42(39)26-38(28)29)45-46-40-21-10-18-35-33-16-6-4-14-31(33)30-13-3-5-15-32(30)34-17-7-8-22-41(34)47(45)43(35)40;1-15(2,3)13-9-10-14(16-11-13)12-7-5-4-6-8-12;/h1-19,21-26H;4-7,9-11H,1-3H3;/q2*-1;. The van der Waals surface area contributed by atoms with Gasteiger partial charge in [-0.1, -0.05) is 126 Å². The predicted octanol–water partition coefficient (Wildman–Crippen LogP) is 15.7. The molecule has 0 aliphatic carbocycles. The zero-order chi connectivity index (χ0) is 42.9. The second kappa shape index (κ2) is 16.5. The van der Waals surface area contributed by atoms with E-state index in [1.54, 1.807) is 0 Å². The van der Waals surface area contributed by atoms with Gasteiger partial charge in [-0.2, -0.15) is 11.3 Å². The van der Waals surface area contributed by atoms with Crippen LogP contribution in [0.3, 0.4) is 0 Å². The fraction of sp³-hybridized carbons (Fsp3) is 0.0508. The third-order valence-electron chi connectivity index (χ3n) is 12.7. The van der Waals surface area contributed by atoms with E-state index in [1.807, 2.05) is 41.8 Å². The van der Waals surface area contributed by atoms with E-state index in [1.165, 1.54) is 78.4 Å². The molecule has 0 saturated carbocycles. The van der Waals surface area contributed by atoms with Crippen molar-refractivity contribution in [1.29, 1.82) is 0 Å². The van der Waals surface area contributed by atoms with Crippen molar-refractivity contribution in [3.63, 3.8) is 0 Å². The summed E-state index contributed by atoms with van der Waals surface area (Å²) in [6.45, 7) is 0. The molecule has 0 aliphatic heterocycles. The number of rotatable bonds is 3. The molecule has 0 aliphatic rings. The smallest absolute Gasteiger partial charge is 0.0780 e. The zero-order valence-corrected chi connectivity index (χ0v) is 41.4. The van der Waals surface area contributed by atoms with Gasteiger partial charge in [-0.3, -0.25) is 4.98 Å². The van der Waals surface area contributed by atoms with Gasteiger partial charge in [0, 0.05) is 41.1 Å². The van der Waals surface area contributed by atoms with Crippen molar-refractivity contribution in [2.45, 2.75) is 17.3 Å². The summed E-state index contributed by atoms with van der Waals surface area (Å²) in [7, 11) is 0. The Hall–Kier alpha value is -6.47. The summed E-state index contributed by atoms with van der Waals surface area (Å²) < 4.78 is 6.33. The van der Waals surface area contributed by atoms with Gasteiger partial charge in [-0.25, -0.2) is 0 Å². The minimum Gasteiger partial charge on any atom is -0.332 e. The summed E-state index contributed by atoms with van der Waals surface area (Å²) in [5.41, 5.74) is 6.31. The number of aromatic nitrogens is 3. The van der Waals surface area contributed by atoms with Gasteiger partial charge in [0.1, 0.15) is 0 Å². The molecular formula is C59H41GeIrN3S-2. The fourth-order valence-corrected chi connectivity index (χ4v) is 12.9. The van der Waals surface area contributed by atoms with Crippen LogP contribution in [0, 0.1) is 12.1 Å². The van der Waals surface area contributed by atoms with Crippen LogP contribution < -0.4 is 4.40 Å². The molecule has 1 radical (unpaired) electrons. The fourth-order valence-electron chi connectivity index (χ4n) is 9.51. The first-order chi connectivity index (χ1) is 31.4. The first-order valence-electron chi connectivity index (χ1n) is 21.8. The third kappa shape index (κ3) is 7.06. The first-order valence-corrected chi connectivity index (χ1v) is 30.0. The molecule has 65 heavy (non-hydrogen) atoms. The maximum Gasteiger partial charge on any atom is 0.0780 e. The molecule has 0 saturated heterocycles. The normalized spacial score (nSPS) is 11.8. The molecule has 4 heterocycles. The van der Waals surface area contributed by atoms with Crippen LogP contribution in [0.2, 0.25) is 17.3 Å². The van der Waals surface area contributed by atoms with Gasteiger partial charge in [0.05, 0.1) is 16.9 Å². The monoisotopic (exact) mass is 1090 g/mol. The van der Waals surface area contributed by atoms with E-state index in [0.717, 1.165) is 39.2 Å². The summed E-state index contributed by atoms with van der Waals surface area (Å²) in [6, 6.07) is 74.3. The third-order valence-corrected chi connectivity index (χ3v) is 18.1. The van der Waals surface area contributed by atoms with E-state index in [9.17, 15) is 0 Å². The quantitative estimate of drug-likeness (QED) is 0.100. The average molecular weight is 1090 g/mol. The number of fused-ring (bicyclic) bond motifs is 13. The van der Waals surface area contributed by atoms with Crippen molar-refractivity contribution in [2.24, 2.45) is 0 Å². The second-order valence-corrected chi connectivity index (χ2v) is 29.3. The van der Waals surface area contributed by atoms with Crippen LogP contribution in [-0.4, -0.2) is 27.6 Å². The maximum atomic E-state index is 5.45. The molecule has 13 rings (SSSR count). The largest absolute Gasteiger partial charge is 0.332 e. The van der Waals surface area contributed by atoms with Gasteiger partial charge >= 0.3 is 99.8 Å². The molecule has 0 unspecified atom stereocenters. The number of hydrogen-bond donors (Lipinski definition) is 0. The van der Waals surface area contributed by atoms with Gasteiger partial charge in [-0.05, 0) is 77.4 Å². The van der Waals surface area contributed by atoms with E-state index in [2.05, 4.69) is 203 Å². The minimum atomic E-state index is -1.72. The number of para-hydroxylation sites is 2.